The number of piperidine rings is 1. The van der Waals surface area contributed by atoms with Gasteiger partial charge in [-0.25, -0.2) is 9.37 Å². The van der Waals surface area contributed by atoms with Gasteiger partial charge in [-0.2, -0.15) is 4.98 Å². The van der Waals surface area contributed by atoms with E-state index in [4.69, 9.17) is 4.74 Å². The molecule has 1 fully saturated rings. The smallest absolute Gasteiger partial charge is 0.270 e. The molecule has 196 valence electrons. The number of halogens is 1. The second-order valence-electron chi connectivity index (χ2n) is 12.0. The number of carbonyl (C=O) groups excluding carboxylic acids is 1. The highest BCUT2D eigenvalue weighted by Gasteiger charge is 2.44. The normalized spacial score (nSPS) is 21.2. The average Bonchev–Trinajstić information content (AvgIpc) is 2.74. The van der Waals surface area contributed by atoms with E-state index in [1.165, 1.54) is 6.20 Å². The van der Waals surface area contributed by atoms with Crippen molar-refractivity contribution in [2.24, 2.45) is 0 Å². The highest BCUT2D eigenvalue weighted by atomic mass is 19.1. The summed E-state index contributed by atoms with van der Waals surface area (Å²) in [6.07, 6.45) is 2.91. The standard InChI is InChI=1S/C27H39FN6O2/c1-16(2)34-20-11-10-17(12-21(20)36-27(7,8)23(34)35)31-24-29-15-19(28)22(32-24)30-18-13-25(3,4)33(9)26(5,6)14-18/h10-12,15-16,18H,13-14H2,1-9H3,(H2,29,30,31,32). The zero-order valence-corrected chi connectivity index (χ0v) is 22.9. The van der Waals surface area contributed by atoms with Crippen molar-refractivity contribution in [3.8, 4) is 5.75 Å². The third kappa shape index (κ3) is 4.85. The molecule has 2 N–H and O–H groups in total. The lowest BCUT2D eigenvalue weighted by Crippen LogP contribution is -2.61. The zero-order valence-electron chi connectivity index (χ0n) is 22.9. The number of aromatic nitrogens is 2. The van der Waals surface area contributed by atoms with Gasteiger partial charge in [0, 0.05) is 34.9 Å². The van der Waals surface area contributed by atoms with E-state index in [2.05, 4.69) is 60.2 Å². The Morgan fingerprint density at radius 1 is 1.11 bits per heavy atom. The fraction of sp³-hybridized carbons (Fsp3) is 0.593. The van der Waals surface area contributed by atoms with Crippen molar-refractivity contribution in [1.29, 1.82) is 0 Å². The van der Waals surface area contributed by atoms with Crippen molar-refractivity contribution in [2.45, 2.75) is 97.0 Å². The number of nitrogens with one attached hydrogen (secondary N) is 2. The molecule has 3 heterocycles. The molecule has 0 aliphatic carbocycles. The number of likely N-dealkylation sites (tertiary alicyclic amines) is 1. The van der Waals surface area contributed by atoms with Gasteiger partial charge in [0.05, 0.1) is 11.9 Å². The maximum atomic E-state index is 14.7. The molecule has 1 aromatic heterocycles. The molecular formula is C27H39FN6O2. The SMILES string of the molecule is CC(C)N1C(=O)C(C)(C)Oc2cc(Nc3ncc(F)c(NC4CC(C)(C)N(C)C(C)(C)C4)n3)ccc21. The van der Waals surface area contributed by atoms with E-state index in [-0.39, 0.29) is 40.8 Å². The molecule has 36 heavy (non-hydrogen) atoms. The number of carbonyl (C=O) groups is 1. The lowest BCUT2D eigenvalue weighted by atomic mass is 9.77. The number of ether oxygens (including phenoxy) is 1. The molecule has 2 aliphatic heterocycles. The van der Waals surface area contributed by atoms with Crippen LogP contribution in [0, 0.1) is 5.82 Å². The van der Waals surface area contributed by atoms with E-state index < -0.39 is 11.4 Å². The van der Waals surface area contributed by atoms with E-state index in [0.29, 0.717) is 11.4 Å². The monoisotopic (exact) mass is 498 g/mol. The Hall–Kier alpha value is -2.94. The van der Waals surface area contributed by atoms with Crippen LogP contribution in [-0.4, -0.2) is 56.6 Å². The molecule has 0 unspecified atom stereocenters. The van der Waals surface area contributed by atoms with Gasteiger partial charge in [0.15, 0.2) is 17.2 Å². The summed E-state index contributed by atoms with van der Waals surface area (Å²) in [5.74, 6) is 0.479. The minimum Gasteiger partial charge on any atom is -0.476 e. The van der Waals surface area contributed by atoms with Crippen LogP contribution in [0.5, 0.6) is 5.75 Å². The number of benzene rings is 1. The maximum Gasteiger partial charge on any atom is 0.270 e. The van der Waals surface area contributed by atoms with Gasteiger partial charge >= 0.3 is 0 Å². The minimum atomic E-state index is -0.977. The second-order valence-corrected chi connectivity index (χ2v) is 12.0. The summed E-state index contributed by atoms with van der Waals surface area (Å²) in [6, 6.07) is 5.56. The highest BCUT2D eigenvalue weighted by Crippen LogP contribution is 2.41. The number of nitrogens with zero attached hydrogens (tertiary/aromatic N) is 4. The first-order valence-electron chi connectivity index (χ1n) is 12.6. The van der Waals surface area contributed by atoms with E-state index in [0.717, 1.165) is 18.5 Å². The molecule has 0 bridgehead atoms. The number of hydrogen-bond donors (Lipinski definition) is 2. The molecule has 2 aromatic rings. The van der Waals surface area contributed by atoms with E-state index in [1.54, 1.807) is 18.7 Å². The van der Waals surface area contributed by atoms with Gasteiger partial charge < -0.3 is 20.3 Å². The molecule has 4 rings (SSSR count). The molecule has 2 aliphatic rings. The van der Waals surface area contributed by atoms with Crippen molar-refractivity contribution in [3.63, 3.8) is 0 Å². The summed E-state index contributed by atoms with van der Waals surface area (Å²) >= 11 is 0. The predicted octanol–water partition coefficient (Wildman–Crippen LogP) is 5.34. The third-order valence-corrected chi connectivity index (χ3v) is 7.48. The van der Waals surface area contributed by atoms with E-state index in [9.17, 15) is 9.18 Å². The van der Waals surface area contributed by atoms with Crippen LogP contribution in [-0.2, 0) is 4.79 Å². The van der Waals surface area contributed by atoms with Crippen molar-refractivity contribution < 1.29 is 13.9 Å². The molecule has 8 nitrogen and oxygen atoms in total. The van der Waals surface area contributed by atoms with Gasteiger partial charge in [0.1, 0.15) is 5.75 Å². The van der Waals surface area contributed by atoms with E-state index in [1.807, 2.05) is 32.0 Å². The second kappa shape index (κ2) is 8.87. The average molecular weight is 499 g/mol. The summed E-state index contributed by atoms with van der Waals surface area (Å²) in [5.41, 5.74) is 0.351. The van der Waals surface area contributed by atoms with Crippen molar-refractivity contribution in [3.05, 3.63) is 30.2 Å². The van der Waals surface area contributed by atoms with Gasteiger partial charge in [-0.05, 0) is 87.4 Å². The Labute approximate surface area is 213 Å². The summed E-state index contributed by atoms with van der Waals surface area (Å²) in [5, 5.41) is 6.49. The number of hydrogen-bond acceptors (Lipinski definition) is 7. The first-order valence-corrected chi connectivity index (χ1v) is 12.6. The van der Waals surface area contributed by atoms with Crippen LogP contribution in [0.25, 0.3) is 0 Å². The third-order valence-electron chi connectivity index (χ3n) is 7.48. The largest absolute Gasteiger partial charge is 0.476 e. The fourth-order valence-electron chi connectivity index (χ4n) is 5.43. The summed E-state index contributed by atoms with van der Waals surface area (Å²) < 4.78 is 20.7. The van der Waals surface area contributed by atoms with Crippen LogP contribution in [0.15, 0.2) is 24.4 Å². The fourth-order valence-corrected chi connectivity index (χ4v) is 5.43. The van der Waals surface area contributed by atoms with Crippen LogP contribution in [0.2, 0.25) is 0 Å². The molecule has 0 saturated carbocycles. The first-order chi connectivity index (χ1) is 16.6. The summed E-state index contributed by atoms with van der Waals surface area (Å²) in [4.78, 5) is 25.6. The highest BCUT2D eigenvalue weighted by molar-refractivity contribution is 6.03. The molecular weight excluding hydrogens is 459 g/mol. The number of amides is 1. The van der Waals surface area contributed by atoms with Crippen LogP contribution in [0.3, 0.4) is 0 Å². The molecule has 9 heteroatoms. The molecule has 1 aromatic carbocycles. The minimum absolute atomic E-state index is 0.0122. The topological polar surface area (TPSA) is 82.6 Å². The predicted molar refractivity (Wildman–Crippen MR) is 142 cm³/mol. The van der Waals surface area contributed by atoms with Crippen LogP contribution >= 0.6 is 0 Å². The van der Waals surface area contributed by atoms with Crippen LogP contribution < -0.4 is 20.3 Å². The van der Waals surface area contributed by atoms with Gasteiger partial charge in [0.25, 0.3) is 5.91 Å². The summed E-state index contributed by atoms with van der Waals surface area (Å²) in [6.45, 7) is 16.3. The Kier molecular flexibility index (Phi) is 6.44. The Morgan fingerprint density at radius 2 is 1.75 bits per heavy atom. The Balaban J connectivity index is 1.56. The van der Waals surface area contributed by atoms with Crippen LogP contribution in [0.4, 0.5) is 27.5 Å². The first kappa shape index (κ1) is 26.1. The number of rotatable bonds is 5. The Bertz CT molecular complexity index is 1140. The van der Waals surface area contributed by atoms with Crippen molar-refractivity contribution in [2.75, 3.05) is 22.6 Å². The lowest BCUT2D eigenvalue weighted by Gasteiger charge is -2.53. The van der Waals surface area contributed by atoms with Crippen LogP contribution in [0.1, 0.15) is 68.2 Å². The maximum absolute atomic E-state index is 14.7. The number of anilines is 4. The van der Waals surface area contributed by atoms with Gasteiger partial charge in [-0.1, -0.05) is 0 Å². The molecule has 0 atom stereocenters. The molecule has 0 radical (unpaired) electrons. The van der Waals surface area contributed by atoms with Gasteiger partial charge in [-0.15, -0.1) is 0 Å². The number of fused-ring (bicyclic) bond motifs is 1. The quantitative estimate of drug-likeness (QED) is 0.576. The molecule has 1 saturated heterocycles. The Morgan fingerprint density at radius 3 is 2.36 bits per heavy atom. The van der Waals surface area contributed by atoms with Gasteiger partial charge in [0.2, 0.25) is 5.95 Å². The van der Waals surface area contributed by atoms with Crippen molar-refractivity contribution >= 4 is 29.0 Å². The summed E-state index contributed by atoms with van der Waals surface area (Å²) in [7, 11) is 2.14. The molecule has 0 spiro atoms. The van der Waals surface area contributed by atoms with E-state index >= 15 is 0 Å². The van der Waals surface area contributed by atoms with Gasteiger partial charge in [-0.3, -0.25) is 9.69 Å². The van der Waals surface area contributed by atoms with Crippen molar-refractivity contribution in [1.82, 2.24) is 14.9 Å². The zero-order chi connectivity index (χ0) is 26.6. The lowest BCUT2D eigenvalue weighted by molar-refractivity contribution is -0.133. The molecule has 1 amide bonds.